The van der Waals surface area contributed by atoms with Gasteiger partial charge in [-0.05, 0) is 37.6 Å². The number of likely N-dealkylation sites (tertiary alicyclic amines) is 1. The molecule has 32 heavy (non-hydrogen) atoms. The van der Waals surface area contributed by atoms with E-state index in [1.807, 2.05) is 18.3 Å². The summed E-state index contributed by atoms with van der Waals surface area (Å²) in [5.41, 5.74) is 6.95. The number of benzene rings is 2. The van der Waals surface area contributed by atoms with E-state index in [0.29, 0.717) is 6.04 Å². The molecular formula is C26H24N6. The molecule has 0 amide bonds. The lowest BCUT2D eigenvalue weighted by molar-refractivity contribution is 0.0547. The SMILES string of the molecule is CC1CC2(CN(Cc3n[nH]c4ccccc34)C2)c2cc(-c3cnc4ccccc4c3)nn21. The zero-order valence-corrected chi connectivity index (χ0v) is 18.0. The summed E-state index contributed by atoms with van der Waals surface area (Å²) in [4.78, 5) is 7.15. The van der Waals surface area contributed by atoms with Crippen molar-refractivity contribution in [3.63, 3.8) is 0 Å². The first-order chi connectivity index (χ1) is 15.7. The summed E-state index contributed by atoms with van der Waals surface area (Å²) in [6.07, 6.45) is 3.11. The minimum absolute atomic E-state index is 0.195. The fourth-order valence-electron chi connectivity index (χ4n) is 5.80. The number of hydrogen-bond acceptors (Lipinski definition) is 4. The molecule has 0 bridgehead atoms. The number of H-pyrrole nitrogens is 1. The topological polar surface area (TPSA) is 62.6 Å². The van der Waals surface area contributed by atoms with E-state index in [9.17, 15) is 0 Å². The van der Waals surface area contributed by atoms with Gasteiger partial charge in [-0.2, -0.15) is 10.2 Å². The number of rotatable bonds is 3. The second kappa shape index (κ2) is 6.50. The quantitative estimate of drug-likeness (QED) is 0.460. The summed E-state index contributed by atoms with van der Waals surface area (Å²) in [5, 5.41) is 15.1. The molecule has 1 saturated heterocycles. The third kappa shape index (κ3) is 2.59. The average Bonchev–Trinajstić information content (AvgIpc) is 3.48. The molecule has 1 N–H and O–H groups in total. The zero-order valence-electron chi connectivity index (χ0n) is 18.0. The Bertz CT molecular complexity index is 1470. The molecule has 1 fully saturated rings. The van der Waals surface area contributed by atoms with E-state index in [-0.39, 0.29) is 5.41 Å². The Morgan fingerprint density at radius 2 is 1.91 bits per heavy atom. The van der Waals surface area contributed by atoms with Crippen molar-refractivity contribution in [2.75, 3.05) is 13.1 Å². The van der Waals surface area contributed by atoms with E-state index in [1.165, 1.54) is 11.1 Å². The summed E-state index contributed by atoms with van der Waals surface area (Å²) in [5.74, 6) is 0. The van der Waals surface area contributed by atoms with Crippen LogP contribution < -0.4 is 0 Å². The second-order valence-corrected chi connectivity index (χ2v) is 9.47. The largest absolute Gasteiger partial charge is 0.295 e. The molecule has 7 rings (SSSR count). The number of fused-ring (bicyclic) bond motifs is 4. The van der Waals surface area contributed by atoms with Crippen LogP contribution in [0.1, 0.15) is 30.8 Å². The van der Waals surface area contributed by atoms with Crippen molar-refractivity contribution in [3.8, 4) is 11.3 Å². The predicted octanol–water partition coefficient (Wildman–Crippen LogP) is 4.69. The van der Waals surface area contributed by atoms with E-state index in [0.717, 1.165) is 59.4 Å². The van der Waals surface area contributed by atoms with Crippen molar-refractivity contribution in [3.05, 3.63) is 78.2 Å². The van der Waals surface area contributed by atoms with Crippen LogP contribution in [0.4, 0.5) is 0 Å². The third-order valence-electron chi connectivity index (χ3n) is 7.24. The maximum atomic E-state index is 5.01. The van der Waals surface area contributed by atoms with Gasteiger partial charge in [0.05, 0.1) is 28.5 Å². The molecular weight excluding hydrogens is 396 g/mol. The minimum Gasteiger partial charge on any atom is -0.295 e. The van der Waals surface area contributed by atoms with Crippen molar-refractivity contribution in [2.45, 2.75) is 31.3 Å². The third-order valence-corrected chi connectivity index (χ3v) is 7.24. The minimum atomic E-state index is 0.195. The molecule has 1 spiro atoms. The number of hydrogen-bond donors (Lipinski definition) is 1. The highest BCUT2D eigenvalue weighted by Gasteiger charge is 2.52. The summed E-state index contributed by atoms with van der Waals surface area (Å²) in [6.45, 7) is 5.28. The maximum absolute atomic E-state index is 5.01. The Balaban J connectivity index is 1.17. The monoisotopic (exact) mass is 420 g/mol. The Hall–Kier alpha value is -3.51. The van der Waals surface area contributed by atoms with Gasteiger partial charge in [-0.1, -0.05) is 36.4 Å². The van der Waals surface area contributed by atoms with E-state index >= 15 is 0 Å². The van der Waals surface area contributed by atoms with Crippen molar-refractivity contribution >= 4 is 21.8 Å². The highest BCUT2D eigenvalue weighted by atomic mass is 15.4. The van der Waals surface area contributed by atoms with Gasteiger partial charge >= 0.3 is 0 Å². The van der Waals surface area contributed by atoms with Crippen LogP contribution in [0.25, 0.3) is 33.1 Å². The van der Waals surface area contributed by atoms with Crippen LogP contribution in [0.3, 0.4) is 0 Å². The van der Waals surface area contributed by atoms with Crippen LogP contribution in [0.5, 0.6) is 0 Å². The molecule has 3 aromatic heterocycles. The van der Waals surface area contributed by atoms with Gasteiger partial charge in [0.15, 0.2) is 0 Å². The molecule has 158 valence electrons. The van der Waals surface area contributed by atoms with Gasteiger partial charge in [-0.15, -0.1) is 0 Å². The van der Waals surface area contributed by atoms with Crippen LogP contribution in [-0.2, 0) is 12.0 Å². The molecule has 1 unspecified atom stereocenters. The molecule has 5 heterocycles. The zero-order chi connectivity index (χ0) is 21.3. The van der Waals surface area contributed by atoms with Crippen LogP contribution in [0.15, 0.2) is 66.9 Å². The molecule has 0 aliphatic carbocycles. The van der Waals surface area contributed by atoms with E-state index < -0.39 is 0 Å². The van der Waals surface area contributed by atoms with Gasteiger partial charge in [0.1, 0.15) is 0 Å². The van der Waals surface area contributed by atoms with Gasteiger partial charge < -0.3 is 0 Å². The first kappa shape index (κ1) is 18.1. The number of pyridine rings is 1. The Morgan fingerprint density at radius 3 is 2.84 bits per heavy atom. The van der Waals surface area contributed by atoms with Gasteiger partial charge in [0, 0.05) is 53.3 Å². The molecule has 0 saturated carbocycles. The average molecular weight is 421 g/mol. The first-order valence-electron chi connectivity index (χ1n) is 11.3. The predicted molar refractivity (Wildman–Crippen MR) is 125 cm³/mol. The Labute approximate surface area is 185 Å². The Morgan fingerprint density at radius 1 is 1.06 bits per heavy atom. The normalized spacial score (nSPS) is 19.6. The van der Waals surface area contributed by atoms with Gasteiger partial charge in [-0.3, -0.25) is 19.7 Å². The smallest absolute Gasteiger partial charge is 0.0942 e. The highest BCUT2D eigenvalue weighted by Crippen LogP contribution is 2.48. The Kier molecular flexibility index (Phi) is 3.67. The summed E-state index contributed by atoms with van der Waals surface area (Å²) < 4.78 is 2.26. The fourth-order valence-corrected chi connectivity index (χ4v) is 5.80. The lowest BCUT2D eigenvalue weighted by Gasteiger charge is -2.47. The molecule has 1 atom stereocenters. The number of aromatic amines is 1. The van der Waals surface area contributed by atoms with Crippen molar-refractivity contribution in [1.82, 2.24) is 29.9 Å². The molecule has 5 aromatic rings. The summed E-state index contributed by atoms with van der Waals surface area (Å²) in [6, 6.07) is 21.5. The number of para-hydroxylation sites is 2. The van der Waals surface area contributed by atoms with Crippen LogP contribution >= 0.6 is 0 Å². The fraction of sp³-hybridized carbons (Fsp3) is 0.269. The molecule has 6 nitrogen and oxygen atoms in total. The van der Waals surface area contributed by atoms with Gasteiger partial charge in [0.2, 0.25) is 0 Å². The van der Waals surface area contributed by atoms with Gasteiger partial charge in [0.25, 0.3) is 0 Å². The summed E-state index contributed by atoms with van der Waals surface area (Å²) >= 11 is 0. The second-order valence-electron chi connectivity index (χ2n) is 9.47. The molecule has 2 aliphatic rings. The first-order valence-corrected chi connectivity index (χ1v) is 11.3. The number of nitrogens with zero attached hydrogens (tertiary/aromatic N) is 5. The highest BCUT2D eigenvalue weighted by molar-refractivity contribution is 5.83. The molecule has 2 aromatic carbocycles. The molecule has 6 heteroatoms. The van der Waals surface area contributed by atoms with Crippen LogP contribution in [-0.4, -0.2) is 43.0 Å². The van der Waals surface area contributed by atoms with Crippen LogP contribution in [0, 0.1) is 0 Å². The molecule has 2 aliphatic heterocycles. The van der Waals surface area contributed by atoms with Crippen molar-refractivity contribution in [2.24, 2.45) is 0 Å². The van der Waals surface area contributed by atoms with E-state index in [1.54, 1.807) is 0 Å². The maximum Gasteiger partial charge on any atom is 0.0942 e. The van der Waals surface area contributed by atoms with E-state index in [2.05, 4.69) is 80.2 Å². The lowest BCUT2D eigenvalue weighted by Crippen LogP contribution is -2.57. The molecule has 0 radical (unpaired) electrons. The van der Waals surface area contributed by atoms with Crippen LogP contribution in [0.2, 0.25) is 0 Å². The van der Waals surface area contributed by atoms with E-state index in [4.69, 9.17) is 5.10 Å². The summed E-state index contributed by atoms with van der Waals surface area (Å²) in [7, 11) is 0. The number of aromatic nitrogens is 5. The van der Waals surface area contributed by atoms with Crippen molar-refractivity contribution in [1.29, 1.82) is 0 Å². The lowest BCUT2D eigenvalue weighted by atomic mass is 9.74. The van der Waals surface area contributed by atoms with Gasteiger partial charge in [-0.25, -0.2) is 0 Å². The van der Waals surface area contributed by atoms with Crippen molar-refractivity contribution < 1.29 is 0 Å². The number of nitrogens with one attached hydrogen (secondary N) is 1. The standard InChI is InChI=1S/C26H24N6/c1-17-12-26(15-31(16-26)14-24-20-7-3-5-9-22(20)28-29-24)25-11-23(30-32(17)25)19-10-18-6-2-4-8-21(18)27-13-19/h2-11,13,17H,12,14-16H2,1H3,(H,28,29).